The van der Waals surface area contributed by atoms with Crippen LogP contribution in [0.1, 0.15) is 15.9 Å². The van der Waals surface area contributed by atoms with Gasteiger partial charge in [-0.1, -0.05) is 11.6 Å². The van der Waals surface area contributed by atoms with Crippen LogP contribution in [0, 0.1) is 5.82 Å². The molecule has 0 unspecified atom stereocenters. The normalized spacial score (nSPS) is 10.6. The van der Waals surface area contributed by atoms with Crippen molar-refractivity contribution in [3.05, 3.63) is 57.0 Å². The van der Waals surface area contributed by atoms with E-state index in [1.54, 1.807) is 4.57 Å². The molecule has 1 N–H and O–H groups in total. The summed E-state index contributed by atoms with van der Waals surface area (Å²) in [6.45, 7) is 0.209. The molecular formula is C12H8BrClFNO2. The van der Waals surface area contributed by atoms with E-state index in [1.807, 2.05) is 0 Å². The van der Waals surface area contributed by atoms with Gasteiger partial charge < -0.3 is 9.67 Å². The number of aromatic carboxylic acids is 1. The first-order valence-electron chi connectivity index (χ1n) is 5.00. The fourth-order valence-electron chi connectivity index (χ4n) is 1.56. The predicted octanol–water partition coefficient (Wildman–Crippen LogP) is 3.79. The van der Waals surface area contributed by atoms with E-state index in [-0.39, 0.29) is 17.9 Å². The van der Waals surface area contributed by atoms with Crippen molar-refractivity contribution < 1.29 is 14.3 Å². The molecular weight excluding hydrogens is 324 g/mol. The van der Waals surface area contributed by atoms with E-state index in [1.165, 1.54) is 30.5 Å². The van der Waals surface area contributed by atoms with E-state index in [0.717, 1.165) is 0 Å². The second kappa shape index (κ2) is 5.12. The molecule has 2 rings (SSSR count). The molecule has 1 heterocycles. The van der Waals surface area contributed by atoms with E-state index in [4.69, 9.17) is 16.7 Å². The molecule has 18 heavy (non-hydrogen) atoms. The van der Waals surface area contributed by atoms with Crippen LogP contribution in [0.2, 0.25) is 5.02 Å². The molecule has 0 aliphatic heterocycles. The maximum absolute atomic E-state index is 13.5. The molecule has 2 aromatic rings. The third-order valence-corrected chi connectivity index (χ3v) is 3.36. The van der Waals surface area contributed by atoms with Crippen LogP contribution < -0.4 is 0 Å². The third kappa shape index (κ3) is 2.73. The second-order valence-corrected chi connectivity index (χ2v) is 4.97. The number of aromatic nitrogens is 1. The Morgan fingerprint density at radius 1 is 1.44 bits per heavy atom. The molecule has 0 radical (unpaired) electrons. The Morgan fingerprint density at radius 3 is 2.78 bits per heavy atom. The predicted molar refractivity (Wildman–Crippen MR) is 69.6 cm³/mol. The van der Waals surface area contributed by atoms with Gasteiger partial charge in [-0.2, -0.15) is 0 Å². The number of rotatable bonds is 3. The van der Waals surface area contributed by atoms with Gasteiger partial charge >= 0.3 is 5.97 Å². The molecule has 3 nitrogen and oxygen atoms in total. The number of benzene rings is 1. The van der Waals surface area contributed by atoms with Gasteiger partial charge in [0.05, 0.1) is 16.7 Å². The van der Waals surface area contributed by atoms with Crippen LogP contribution in [0.4, 0.5) is 4.39 Å². The first-order valence-corrected chi connectivity index (χ1v) is 6.17. The van der Waals surface area contributed by atoms with Gasteiger partial charge in [-0.15, -0.1) is 0 Å². The van der Waals surface area contributed by atoms with Gasteiger partial charge in [-0.3, -0.25) is 0 Å². The van der Waals surface area contributed by atoms with Crippen LogP contribution in [0.5, 0.6) is 0 Å². The van der Waals surface area contributed by atoms with Crippen molar-refractivity contribution in [2.45, 2.75) is 6.54 Å². The molecule has 0 amide bonds. The Bertz CT molecular complexity index is 612. The number of carboxylic acid groups (broad SMARTS) is 1. The maximum atomic E-state index is 13.5. The number of hydrogen-bond acceptors (Lipinski definition) is 1. The first-order chi connectivity index (χ1) is 8.47. The standard InChI is InChI=1S/C12H8BrClFNO2/c13-11-4-8(12(17)18)6-16(11)5-7-3-9(14)1-2-10(7)15/h1-4,6H,5H2,(H,17,18). The van der Waals surface area contributed by atoms with Crippen molar-refractivity contribution in [3.8, 4) is 0 Å². The summed E-state index contributed by atoms with van der Waals surface area (Å²) in [4.78, 5) is 10.8. The highest BCUT2D eigenvalue weighted by Gasteiger charge is 2.11. The van der Waals surface area contributed by atoms with Crippen molar-refractivity contribution in [1.82, 2.24) is 4.57 Å². The summed E-state index contributed by atoms with van der Waals surface area (Å²) in [5.74, 6) is -1.40. The number of carboxylic acids is 1. The van der Waals surface area contributed by atoms with Crippen LogP contribution in [0.15, 0.2) is 35.1 Å². The van der Waals surface area contributed by atoms with Gasteiger partial charge in [-0.05, 0) is 40.2 Å². The summed E-state index contributed by atoms with van der Waals surface area (Å²) in [6, 6.07) is 5.73. The molecule has 6 heteroatoms. The van der Waals surface area contributed by atoms with Gasteiger partial charge in [0.15, 0.2) is 0 Å². The lowest BCUT2D eigenvalue weighted by Gasteiger charge is -2.06. The monoisotopic (exact) mass is 331 g/mol. The zero-order valence-electron chi connectivity index (χ0n) is 9.03. The lowest BCUT2D eigenvalue weighted by molar-refractivity contribution is 0.0697. The second-order valence-electron chi connectivity index (χ2n) is 3.72. The molecule has 0 fully saturated rings. The molecule has 94 valence electrons. The maximum Gasteiger partial charge on any atom is 0.337 e. The van der Waals surface area contributed by atoms with Crippen molar-refractivity contribution >= 4 is 33.5 Å². The number of nitrogens with zero attached hydrogens (tertiary/aromatic N) is 1. The Labute approximate surface area is 116 Å². The van der Waals surface area contributed by atoms with Crippen LogP contribution in [-0.2, 0) is 6.54 Å². The highest BCUT2D eigenvalue weighted by atomic mass is 79.9. The van der Waals surface area contributed by atoms with E-state index in [9.17, 15) is 9.18 Å². The smallest absolute Gasteiger partial charge is 0.337 e. The molecule has 0 aliphatic rings. The van der Waals surface area contributed by atoms with E-state index in [2.05, 4.69) is 15.9 Å². The quantitative estimate of drug-likeness (QED) is 0.929. The summed E-state index contributed by atoms with van der Waals surface area (Å²) < 4.78 is 15.7. The summed E-state index contributed by atoms with van der Waals surface area (Å²) in [5.41, 5.74) is 0.542. The third-order valence-electron chi connectivity index (χ3n) is 2.44. The van der Waals surface area contributed by atoms with Gasteiger partial charge in [0.2, 0.25) is 0 Å². The Morgan fingerprint density at radius 2 is 2.17 bits per heavy atom. The highest BCUT2D eigenvalue weighted by Crippen LogP contribution is 2.20. The molecule has 0 atom stereocenters. The molecule has 1 aromatic heterocycles. The van der Waals surface area contributed by atoms with Crippen LogP contribution in [0.25, 0.3) is 0 Å². The first kappa shape index (κ1) is 13.1. The lowest BCUT2D eigenvalue weighted by Crippen LogP contribution is -2.01. The van der Waals surface area contributed by atoms with Crippen molar-refractivity contribution in [3.63, 3.8) is 0 Å². The minimum absolute atomic E-state index is 0.143. The van der Waals surface area contributed by atoms with E-state index < -0.39 is 5.97 Å². The van der Waals surface area contributed by atoms with Gasteiger partial charge in [0, 0.05) is 16.8 Å². The summed E-state index contributed by atoms with van der Waals surface area (Å²) in [5, 5.41) is 9.30. The van der Waals surface area contributed by atoms with E-state index in [0.29, 0.717) is 15.2 Å². The Kier molecular flexibility index (Phi) is 3.73. The van der Waals surface area contributed by atoms with Crippen LogP contribution in [0.3, 0.4) is 0 Å². The SMILES string of the molecule is O=C(O)c1cc(Br)n(Cc2cc(Cl)ccc2F)c1. The van der Waals surface area contributed by atoms with Gasteiger partial charge in [-0.25, -0.2) is 9.18 Å². The van der Waals surface area contributed by atoms with Crippen LogP contribution in [-0.4, -0.2) is 15.6 Å². The Balaban J connectivity index is 2.34. The summed E-state index contributed by atoms with van der Waals surface area (Å²) >= 11 is 9.03. The fourth-order valence-corrected chi connectivity index (χ4v) is 2.23. The molecule has 0 spiro atoms. The topological polar surface area (TPSA) is 42.2 Å². The molecule has 1 aromatic carbocycles. The number of halogens is 3. The number of carbonyl (C=O) groups is 1. The average molecular weight is 333 g/mol. The molecule has 0 aliphatic carbocycles. The van der Waals surface area contributed by atoms with Crippen LogP contribution >= 0.6 is 27.5 Å². The largest absolute Gasteiger partial charge is 0.478 e. The highest BCUT2D eigenvalue weighted by molar-refractivity contribution is 9.10. The zero-order chi connectivity index (χ0) is 13.3. The fraction of sp³-hybridized carbons (Fsp3) is 0.0833. The molecule has 0 saturated heterocycles. The molecule has 0 bridgehead atoms. The number of hydrogen-bond donors (Lipinski definition) is 1. The van der Waals surface area contributed by atoms with E-state index >= 15 is 0 Å². The van der Waals surface area contributed by atoms with Crippen molar-refractivity contribution in [2.75, 3.05) is 0 Å². The molecule has 0 saturated carbocycles. The van der Waals surface area contributed by atoms with Crippen molar-refractivity contribution in [2.24, 2.45) is 0 Å². The van der Waals surface area contributed by atoms with Gasteiger partial charge in [0.1, 0.15) is 5.82 Å². The lowest BCUT2D eigenvalue weighted by atomic mass is 10.2. The minimum atomic E-state index is -1.03. The Hall–Kier alpha value is -1.33. The summed E-state index contributed by atoms with van der Waals surface area (Å²) in [7, 11) is 0. The zero-order valence-corrected chi connectivity index (χ0v) is 11.4. The summed E-state index contributed by atoms with van der Waals surface area (Å²) in [6.07, 6.45) is 1.44. The van der Waals surface area contributed by atoms with Crippen molar-refractivity contribution in [1.29, 1.82) is 0 Å². The van der Waals surface area contributed by atoms with Gasteiger partial charge in [0.25, 0.3) is 0 Å². The average Bonchev–Trinajstić information content (AvgIpc) is 2.66. The minimum Gasteiger partial charge on any atom is -0.478 e.